The van der Waals surface area contributed by atoms with Crippen LogP contribution in [0.1, 0.15) is 48.8 Å². The summed E-state index contributed by atoms with van der Waals surface area (Å²) in [5.74, 6) is -0.651. The summed E-state index contributed by atoms with van der Waals surface area (Å²) in [6, 6.07) is 29.7. The van der Waals surface area contributed by atoms with Gasteiger partial charge in [-0.25, -0.2) is 8.42 Å². The van der Waals surface area contributed by atoms with Crippen LogP contribution < -0.4 is 9.62 Å². The maximum Gasteiger partial charge on any atom is 0.244 e. The highest BCUT2D eigenvalue weighted by Crippen LogP contribution is 2.29. The van der Waals surface area contributed by atoms with Crippen molar-refractivity contribution in [1.82, 2.24) is 10.2 Å². The summed E-state index contributed by atoms with van der Waals surface area (Å²) in [7, 11) is -3.86. The number of carbonyl (C=O) groups is 2. The Hall–Kier alpha value is -4.17. The predicted octanol–water partition coefficient (Wildman–Crippen LogP) is 6.00. The van der Waals surface area contributed by atoms with Crippen LogP contribution in [0.3, 0.4) is 0 Å². The lowest BCUT2D eigenvalue weighted by molar-refractivity contribution is -0.140. The van der Waals surface area contributed by atoms with Crippen molar-refractivity contribution in [3.8, 4) is 0 Å². The first kappa shape index (κ1) is 31.3. The van der Waals surface area contributed by atoms with Gasteiger partial charge in [0.05, 0.1) is 11.9 Å². The summed E-state index contributed by atoms with van der Waals surface area (Å²) < 4.78 is 27.7. The number of nitrogens with one attached hydrogen (secondary N) is 1. The maximum atomic E-state index is 14.5. The van der Waals surface area contributed by atoms with Crippen LogP contribution in [0.25, 0.3) is 10.8 Å². The van der Waals surface area contributed by atoms with E-state index in [-0.39, 0.29) is 18.5 Å². The average molecular weight is 612 g/mol. The van der Waals surface area contributed by atoms with Crippen LogP contribution in [0.15, 0.2) is 97.1 Å². The van der Waals surface area contributed by atoms with Crippen LogP contribution in [0.4, 0.5) is 5.69 Å². The molecule has 5 rings (SSSR count). The van der Waals surface area contributed by atoms with Gasteiger partial charge in [-0.05, 0) is 42.3 Å². The van der Waals surface area contributed by atoms with E-state index in [9.17, 15) is 18.0 Å². The Kier molecular flexibility index (Phi) is 10.0. The third kappa shape index (κ3) is 7.85. The molecule has 7 nitrogen and oxygen atoms in total. The first-order valence-electron chi connectivity index (χ1n) is 15.3. The molecule has 1 aliphatic carbocycles. The Bertz CT molecular complexity index is 1700. The quantitative estimate of drug-likeness (QED) is 0.225. The molecule has 0 aliphatic heterocycles. The minimum Gasteiger partial charge on any atom is -0.352 e. The molecule has 4 aromatic carbocycles. The zero-order valence-corrected chi connectivity index (χ0v) is 26.3. The fourth-order valence-electron chi connectivity index (χ4n) is 6.13. The lowest BCUT2D eigenvalue weighted by Crippen LogP contribution is -2.55. The number of hydrogen-bond acceptors (Lipinski definition) is 4. The van der Waals surface area contributed by atoms with E-state index in [1.54, 1.807) is 17.0 Å². The summed E-state index contributed by atoms with van der Waals surface area (Å²) in [6.07, 6.45) is 6.54. The van der Waals surface area contributed by atoms with Gasteiger partial charge in [0.2, 0.25) is 21.8 Å². The number of aryl methyl sites for hydroxylation is 1. The first-order chi connectivity index (χ1) is 21.2. The molecule has 0 spiro atoms. The lowest BCUT2D eigenvalue weighted by atomic mass is 9.94. The topological polar surface area (TPSA) is 86.8 Å². The fraction of sp³-hybridized carbons (Fsp3) is 0.333. The number of nitrogens with zero attached hydrogens (tertiary/aromatic N) is 2. The molecule has 4 aromatic rings. The normalized spacial score (nSPS) is 14.6. The molecule has 1 N–H and O–H groups in total. The van der Waals surface area contributed by atoms with Gasteiger partial charge in [0.25, 0.3) is 0 Å². The smallest absolute Gasteiger partial charge is 0.244 e. The molecule has 0 saturated heterocycles. The van der Waals surface area contributed by atoms with E-state index in [4.69, 9.17) is 0 Å². The molecule has 1 aliphatic rings. The SMILES string of the molecule is Cc1cccc(CN(C(=O)CN(c2cccc3ccccc23)S(C)(=O)=O)[C@@H](Cc2ccccc2)C(=O)NC2CCCCC2)c1. The molecule has 0 heterocycles. The number of sulfonamides is 1. The van der Waals surface area contributed by atoms with Gasteiger partial charge < -0.3 is 10.2 Å². The van der Waals surface area contributed by atoms with E-state index in [1.807, 2.05) is 91.9 Å². The van der Waals surface area contributed by atoms with Crippen molar-refractivity contribution in [2.45, 2.75) is 64.1 Å². The van der Waals surface area contributed by atoms with Gasteiger partial charge in [-0.1, -0.05) is 116 Å². The van der Waals surface area contributed by atoms with E-state index in [1.165, 1.54) is 4.31 Å². The highest BCUT2D eigenvalue weighted by Gasteiger charge is 2.34. The molecule has 230 valence electrons. The zero-order valence-electron chi connectivity index (χ0n) is 25.5. The van der Waals surface area contributed by atoms with Crippen molar-refractivity contribution in [3.05, 3.63) is 114 Å². The molecule has 1 saturated carbocycles. The van der Waals surface area contributed by atoms with Crippen LogP contribution >= 0.6 is 0 Å². The van der Waals surface area contributed by atoms with E-state index >= 15 is 0 Å². The molecule has 1 fully saturated rings. The number of amides is 2. The molecule has 1 atom stereocenters. The first-order valence-corrected chi connectivity index (χ1v) is 17.2. The van der Waals surface area contributed by atoms with Crippen LogP contribution in [0.2, 0.25) is 0 Å². The van der Waals surface area contributed by atoms with Gasteiger partial charge in [0.1, 0.15) is 12.6 Å². The molecule has 2 amide bonds. The van der Waals surface area contributed by atoms with Crippen molar-refractivity contribution in [1.29, 1.82) is 0 Å². The third-order valence-electron chi connectivity index (χ3n) is 8.37. The third-order valence-corrected chi connectivity index (χ3v) is 9.50. The van der Waals surface area contributed by atoms with Crippen LogP contribution in [-0.4, -0.2) is 50.0 Å². The molecule has 8 heteroatoms. The van der Waals surface area contributed by atoms with Gasteiger partial charge in [-0.15, -0.1) is 0 Å². The van der Waals surface area contributed by atoms with Crippen molar-refractivity contribution in [3.63, 3.8) is 0 Å². The Balaban J connectivity index is 1.54. The minimum atomic E-state index is -3.86. The number of rotatable bonds is 11. The molecule has 0 bridgehead atoms. The second-order valence-electron chi connectivity index (χ2n) is 11.8. The number of anilines is 1. The van der Waals surface area contributed by atoms with E-state index in [0.717, 1.165) is 65.8 Å². The standard InChI is InChI=1S/C36H41N3O4S/c1-27-13-11-16-29(23-27)25-38(34(24-28-14-5-3-6-15-28)36(41)37-31-19-7-4-8-20-31)35(40)26-39(44(2,42)43)33-22-12-18-30-17-9-10-21-32(30)33/h3,5-6,9-18,21-23,31,34H,4,7-8,19-20,24-26H2,1-2H3,(H,37,41)/t34-/m0/s1. The fourth-order valence-corrected chi connectivity index (χ4v) is 6.99. The monoisotopic (exact) mass is 611 g/mol. The van der Waals surface area contributed by atoms with Crippen LogP contribution in [-0.2, 0) is 32.6 Å². The summed E-state index contributed by atoms with van der Waals surface area (Å²) >= 11 is 0. The Morgan fingerprint density at radius 3 is 2.23 bits per heavy atom. The number of fused-ring (bicyclic) bond motifs is 1. The summed E-state index contributed by atoms with van der Waals surface area (Å²) in [5.41, 5.74) is 3.26. The second kappa shape index (κ2) is 14.1. The van der Waals surface area contributed by atoms with Crippen molar-refractivity contribution in [2.75, 3.05) is 17.1 Å². The minimum absolute atomic E-state index is 0.0636. The van der Waals surface area contributed by atoms with Crippen LogP contribution in [0.5, 0.6) is 0 Å². The maximum absolute atomic E-state index is 14.5. The molecule has 0 aromatic heterocycles. The average Bonchev–Trinajstić information content (AvgIpc) is 3.01. The summed E-state index contributed by atoms with van der Waals surface area (Å²) in [5, 5.41) is 4.85. The predicted molar refractivity (Wildman–Crippen MR) is 177 cm³/mol. The summed E-state index contributed by atoms with van der Waals surface area (Å²) in [6.45, 7) is 1.72. The van der Waals surface area contributed by atoms with E-state index < -0.39 is 28.5 Å². The molecule has 44 heavy (non-hydrogen) atoms. The highest BCUT2D eigenvalue weighted by atomic mass is 32.2. The Morgan fingerprint density at radius 2 is 1.50 bits per heavy atom. The largest absolute Gasteiger partial charge is 0.352 e. The van der Waals surface area contributed by atoms with Crippen molar-refractivity contribution >= 4 is 38.3 Å². The van der Waals surface area contributed by atoms with Gasteiger partial charge >= 0.3 is 0 Å². The number of carbonyl (C=O) groups excluding carboxylic acids is 2. The zero-order chi connectivity index (χ0) is 31.1. The van der Waals surface area contributed by atoms with Gasteiger partial charge in [0.15, 0.2) is 0 Å². The lowest BCUT2D eigenvalue weighted by Gasteiger charge is -2.35. The number of hydrogen-bond donors (Lipinski definition) is 1. The molecule has 0 radical (unpaired) electrons. The molecular formula is C36H41N3O4S. The second-order valence-corrected chi connectivity index (χ2v) is 13.7. The molecule has 0 unspecified atom stereocenters. The van der Waals surface area contributed by atoms with Crippen molar-refractivity contribution in [2.24, 2.45) is 0 Å². The highest BCUT2D eigenvalue weighted by molar-refractivity contribution is 7.92. The Labute approximate surface area is 260 Å². The van der Waals surface area contributed by atoms with E-state index in [2.05, 4.69) is 5.32 Å². The number of benzene rings is 4. The summed E-state index contributed by atoms with van der Waals surface area (Å²) in [4.78, 5) is 30.1. The van der Waals surface area contributed by atoms with Crippen LogP contribution in [0, 0.1) is 6.92 Å². The van der Waals surface area contributed by atoms with Crippen molar-refractivity contribution < 1.29 is 18.0 Å². The van der Waals surface area contributed by atoms with Gasteiger partial charge in [0, 0.05) is 24.4 Å². The molecular weight excluding hydrogens is 570 g/mol. The van der Waals surface area contributed by atoms with E-state index in [0.29, 0.717) is 12.1 Å². The van der Waals surface area contributed by atoms with Gasteiger partial charge in [-0.3, -0.25) is 13.9 Å². The van der Waals surface area contributed by atoms with Gasteiger partial charge in [-0.2, -0.15) is 0 Å². The Morgan fingerprint density at radius 1 is 0.841 bits per heavy atom.